The van der Waals surface area contributed by atoms with Gasteiger partial charge in [-0.2, -0.15) is 0 Å². The van der Waals surface area contributed by atoms with Crippen LogP contribution in [-0.2, 0) is 24.3 Å². The van der Waals surface area contributed by atoms with Crippen LogP contribution in [0.15, 0.2) is 29.2 Å². The average molecular weight is 413 g/mol. The first kappa shape index (κ1) is 22.3. The van der Waals surface area contributed by atoms with E-state index in [2.05, 4.69) is 10.0 Å². The molecule has 0 aliphatic carbocycles. The molecule has 2 unspecified atom stereocenters. The minimum absolute atomic E-state index is 0.0637. The lowest BCUT2D eigenvalue weighted by Crippen LogP contribution is -2.42. The van der Waals surface area contributed by atoms with E-state index in [4.69, 9.17) is 9.47 Å². The molecular formula is C19H28N2O6S. The quantitative estimate of drug-likeness (QED) is 0.594. The number of ether oxygens (including phenoxy) is 2. The first-order valence-electron chi connectivity index (χ1n) is 9.33. The molecule has 2 N–H and O–H groups in total. The highest BCUT2D eigenvalue weighted by molar-refractivity contribution is 7.89. The molecule has 156 valence electrons. The van der Waals surface area contributed by atoms with Crippen LogP contribution in [-0.4, -0.2) is 52.7 Å². The van der Waals surface area contributed by atoms with Crippen molar-refractivity contribution in [1.29, 1.82) is 0 Å². The maximum atomic E-state index is 12.4. The maximum absolute atomic E-state index is 12.4. The number of carbonyl (C=O) groups excluding carboxylic acids is 2. The van der Waals surface area contributed by atoms with Crippen molar-refractivity contribution in [2.45, 2.75) is 50.2 Å². The first-order chi connectivity index (χ1) is 13.2. The molecule has 1 aromatic carbocycles. The Bertz CT molecular complexity index is 770. The predicted octanol–water partition coefficient (Wildman–Crippen LogP) is 1.46. The Hall–Kier alpha value is -1.97. The average Bonchev–Trinajstić information content (AvgIpc) is 3.18. The van der Waals surface area contributed by atoms with Gasteiger partial charge in [-0.25, -0.2) is 17.9 Å². The second kappa shape index (κ2) is 9.99. The Balaban J connectivity index is 2.01. The molecule has 2 rings (SSSR count). The Morgan fingerprint density at radius 2 is 1.93 bits per heavy atom. The van der Waals surface area contributed by atoms with Crippen LogP contribution in [0.3, 0.4) is 0 Å². The molecule has 0 radical (unpaired) electrons. The second-order valence-electron chi connectivity index (χ2n) is 7.19. The van der Waals surface area contributed by atoms with E-state index in [0.29, 0.717) is 13.0 Å². The Kier molecular flexibility index (Phi) is 7.97. The van der Waals surface area contributed by atoms with E-state index >= 15 is 0 Å². The van der Waals surface area contributed by atoms with Crippen molar-refractivity contribution >= 4 is 21.9 Å². The van der Waals surface area contributed by atoms with Crippen molar-refractivity contribution in [3.05, 3.63) is 29.8 Å². The monoisotopic (exact) mass is 412 g/mol. The van der Waals surface area contributed by atoms with Crippen LogP contribution in [0.4, 0.5) is 0 Å². The van der Waals surface area contributed by atoms with Gasteiger partial charge in [-0.15, -0.1) is 0 Å². The van der Waals surface area contributed by atoms with Gasteiger partial charge in [-0.3, -0.25) is 4.79 Å². The number of sulfonamides is 1. The number of rotatable bonds is 9. The molecule has 1 amide bonds. The lowest BCUT2D eigenvalue weighted by Gasteiger charge is -2.18. The summed E-state index contributed by atoms with van der Waals surface area (Å²) in [5, 5.41) is 2.64. The van der Waals surface area contributed by atoms with E-state index in [-0.39, 0.29) is 29.0 Å². The third-order valence-electron chi connectivity index (χ3n) is 4.45. The van der Waals surface area contributed by atoms with Crippen molar-refractivity contribution in [3.8, 4) is 0 Å². The second-order valence-corrected chi connectivity index (χ2v) is 8.96. The van der Waals surface area contributed by atoms with Crippen molar-refractivity contribution in [2.75, 3.05) is 20.3 Å². The summed E-state index contributed by atoms with van der Waals surface area (Å²) in [5.41, 5.74) is 0.260. The Labute approximate surface area is 166 Å². The molecule has 0 bridgehead atoms. The highest BCUT2D eigenvalue weighted by atomic mass is 32.2. The summed E-state index contributed by atoms with van der Waals surface area (Å²) in [6.07, 6.45) is 2.10. The van der Waals surface area contributed by atoms with Gasteiger partial charge in [0.15, 0.2) is 0 Å². The fraction of sp³-hybridized carbons (Fsp3) is 0.579. The van der Waals surface area contributed by atoms with Gasteiger partial charge >= 0.3 is 5.97 Å². The highest BCUT2D eigenvalue weighted by Gasteiger charge is 2.24. The van der Waals surface area contributed by atoms with Crippen LogP contribution >= 0.6 is 0 Å². The summed E-state index contributed by atoms with van der Waals surface area (Å²) < 4.78 is 37.4. The molecule has 1 aromatic rings. The zero-order valence-corrected chi connectivity index (χ0v) is 17.3. The number of amides is 1. The van der Waals surface area contributed by atoms with Crippen LogP contribution in [0.2, 0.25) is 0 Å². The van der Waals surface area contributed by atoms with Crippen molar-refractivity contribution in [3.63, 3.8) is 0 Å². The van der Waals surface area contributed by atoms with E-state index in [1.54, 1.807) is 0 Å². The van der Waals surface area contributed by atoms with Crippen molar-refractivity contribution in [1.82, 2.24) is 10.0 Å². The number of hydrogen-bond donors (Lipinski definition) is 2. The van der Waals surface area contributed by atoms with Crippen LogP contribution in [0, 0.1) is 5.92 Å². The number of hydrogen-bond acceptors (Lipinski definition) is 6. The van der Waals surface area contributed by atoms with E-state index in [9.17, 15) is 18.0 Å². The van der Waals surface area contributed by atoms with E-state index in [1.165, 1.54) is 31.4 Å². The van der Waals surface area contributed by atoms with E-state index in [0.717, 1.165) is 12.8 Å². The molecule has 1 aliphatic heterocycles. The molecule has 8 nitrogen and oxygen atoms in total. The van der Waals surface area contributed by atoms with Crippen LogP contribution in [0.5, 0.6) is 0 Å². The van der Waals surface area contributed by atoms with E-state index < -0.39 is 27.9 Å². The molecule has 0 spiro atoms. The van der Waals surface area contributed by atoms with Gasteiger partial charge in [-0.1, -0.05) is 13.8 Å². The number of carbonyl (C=O) groups is 2. The Morgan fingerprint density at radius 1 is 1.25 bits per heavy atom. The van der Waals surface area contributed by atoms with Crippen molar-refractivity contribution in [2.24, 2.45) is 5.92 Å². The lowest BCUT2D eigenvalue weighted by molar-refractivity contribution is -0.143. The van der Waals surface area contributed by atoms with Gasteiger partial charge in [-0.05, 0) is 49.4 Å². The topological polar surface area (TPSA) is 111 Å². The third kappa shape index (κ3) is 6.29. The first-order valence-corrected chi connectivity index (χ1v) is 10.8. The molecule has 9 heteroatoms. The highest BCUT2D eigenvalue weighted by Crippen LogP contribution is 2.15. The fourth-order valence-corrected chi connectivity index (χ4v) is 4.01. The van der Waals surface area contributed by atoms with Gasteiger partial charge in [0.2, 0.25) is 10.0 Å². The normalized spacial score (nSPS) is 18.1. The summed E-state index contributed by atoms with van der Waals surface area (Å²) in [5.74, 6) is -0.793. The van der Waals surface area contributed by atoms with Crippen molar-refractivity contribution < 1.29 is 27.5 Å². The summed E-state index contributed by atoms with van der Waals surface area (Å²) in [4.78, 5) is 24.3. The molecule has 2 atom stereocenters. The number of esters is 1. The molecule has 1 aliphatic rings. The molecule has 1 saturated heterocycles. The van der Waals surface area contributed by atoms with Crippen LogP contribution in [0.25, 0.3) is 0 Å². The molecular weight excluding hydrogens is 384 g/mol. The molecule has 1 heterocycles. The lowest BCUT2D eigenvalue weighted by atomic mass is 10.0. The summed E-state index contributed by atoms with van der Waals surface area (Å²) in [7, 11) is -2.41. The zero-order valence-electron chi connectivity index (χ0n) is 16.4. The maximum Gasteiger partial charge on any atom is 0.328 e. The molecule has 0 aromatic heterocycles. The summed E-state index contributed by atoms with van der Waals surface area (Å²) in [6, 6.07) is 4.80. The predicted molar refractivity (Wildman–Crippen MR) is 103 cm³/mol. The molecule has 1 fully saturated rings. The molecule has 28 heavy (non-hydrogen) atoms. The van der Waals surface area contributed by atoms with E-state index in [1.807, 2.05) is 13.8 Å². The Morgan fingerprint density at radius 3 is 2.46 bits per heavy atom. The number of benzene rings is 1. The van der Waals surface area contributed by atoms with Gasteiger partial charge in [0.05, 0.1) is 18.1 Å². The molecule has 0 saturated carbocycles. The van der Waals surface area contributed by atoms with Gasteiger partial charge < -0.3 is 14.8 Å². The standard InChI is InChI=1S/C19H28N2O6S/c1-13(2)11-17(19(23)26-3)21-18(22)14-6-8-16(9-7-14)28(24,25)20-12-15-5-4-10-27-15/h6-9,13,15,17,20H,4-5,10-12H2,1-3H3,(H,21,22). The summed E-state index contributed by atoms with van der Waals surface area (Å²) >= 11 is 0. The fourth-order valence-electron chi connectivity index (χ4n) is 2.95. The minimum atomic E-state index is -3.68. The smallest absolute Gasteiger partial charge is 0.328 e. The number of methoxy groups -OCH3 is 1. The van der Waals surface area contributed by atoms with Crippen LogP contribution < -0.4 is 10.0 Å². The SMILES string of the molecule is COC(=O)C(CC(C)C)NC(=O)c1ccc(S(=O)(=O)NCC2CCCO2)cc1. The number of nitrogens with one attached hydrogen (secondary N) is 2. The van der Waals surface area contributed by atoms with Gasteiger partial charge in [0, 0.05) is 18.7 Å². The minimum Gasteiger partial charge on any atom is -0.467 e. The largest absolute Gasteiger partial charge is 0.467 e. The summed E-state index contributed by atoms with van der Waals surface area (Å²) in [6.45, 7) is 4.75. The zero-order chi connectivity index (χ0) is 20.7. The third-order valence-corrected chi connectivity index (χ3v) is 5.89. The van der Waals surface area contributed by atoms with Gasteiger partial charge in [0.25, 0.3) is 5.91 Å². The van der Waals surface area contributed by atoms with Gasteiger partial charge in [0.1, 0.15) is 6.04 Å². The van der Waals surface area contributed by atoms with Crippen LogP contribution in [0.1, 0.15) is 43.5 Å².